The maximum atomic E-state index is 10.4. The van der Waals surface area contributed by atoms with Gasteiger partial charge in [0.2, 0.25) is 0 Å². The Bertz CT molecular complexity index is 219. The molecule has 0 aliphatic carbocycles. The van der Waals surface area contributed by atoms with E-state index >= 15 is 0 Å². The van der Waals surface area contributed by atoms with Gasteiger partial charge in [-0.3, -0.25) is 0 Å². The molecule has 0 rings (SSSR count). The molecule has 0 spiro atoms. The van der Waals surface area contributed by atoms with E-state index in [1.54, 1.807) is 0 Å². The molecule has 2 heteroatoms. The van der Waals surface area contributed by atoms with Gasteiger partial charge in [-0.05, 0) is 51.4 Å². The zero-order chi connectivity index (χ0) is 14.4. The summed E-state index contributed by atoms with van der Waals surface area (Å²) in [5, 5.41) is 20.7. The van der Waals surface area contributed by atoms with Crippen LogP contribution in [0.1, 0.15) is 80.1 Å². The second-order valence-electron chi connectivity index (χ2n) is 7.19. The predicted molar refractivity (Wildman–Crippen MR) is 78.6 cm³/mol. The highest BCUT2D eigenvalue weighted by atomic mass is 16.3. The SMILES string of the molecule is CCCC(C)CC(C)(O)CCC(C)(O)CC(C)C. The molecule has 3 atom stereocenters. The summed E-state index contributed by atoms with van der Waals surface area (Å²) in [6.45, 7) is 12.4. The Morgan fingerprint density at radius 3 is 1.72 bits per heavy atom. The fourth-order valence-electron chi connectivity index (χ4n) is 2.97. The van der Waals surface area contributed by atoms with Crippen molar-refractivity contribution in [1.29, 1.82) is 0 Å². The topological polar surface area (TPSA) is 40.5 Å². The molecule has 0 aromatic heterocycles. The molecule has 0 saturated carbocycles. The molecule has 0 bridgehead atoms. The van der Waals surface area contributed by atoms with Gasteiger partial charge in [0, 0.05) is 0 Å². The highest BCUT2D eigenvalue weighted by Gasteiger charge is 2.29. The van der Waals surface area contributed by atoms with Gasteiger partial charge in [0.25, 0.3) is 0 Å². The first kappa shape index (κ1) is 17.9. The second-order valence-corrected chi connectivity index (χ2v) is 7.19. The molecule has 0 fully saturated rings. The van der Waals surface area contributed by atoms with E-state index < -0.39 is 11.2 Å². The first-order valence-electron chi connectivity index (χ1n) is 7.53. The van der Waals surface area contributed by atoms with Crippen molar-refractivity contribution < 1.29 is 10.2 Å². The molecule has 0 aromatic rings. The summed E-state index contributed by atoms with van der Waals surface area (Å²) >= 11 is 0. The minimum atomic E-state index is -0.647. The van der Waals surface area contributed by atoms with Crippen LogP contribution in [0.25, 0.3) is 0 Å². The van der Waals surface area contributed by atoms with Crippen molar-refractivity contribution in [2.24, 2.45) is 11.8 Å². The normalized spacial score (nSPS) is 20.5. The number of rotatable bonds is 9. The van der Waals surface area contributed by atoms with Crippen LogP contribution in [0.15, 0.2) is 0 Å². The summed E-state index contributed by atoms with van der Waals surface area (Å²) in [6.07, 6.45) is 5.32. The van der Waals surface area contributed by atoms with E-state index in [1.165, 1.54) is 12.8 Å². The Morgan fingerprint density at radius 2 is 1.33 bits per heavy atom. The van der Waals surface area contributed by atoms with Crippen LogP contribution >= 0.6 is 0 Å². The van der Waals surface area contributed by atoms with E-state index in [0.29, 0.717) is 24.7 Å². The molecule has 0 saturated heterocycles. The van der Waals surface area contributed by atoms with Crippen molar-refractivity contribution in [3.05, 3.63) is 0 Å². The van der Waals surface area contributed by atoms with E-state index in [9.17, 15) is 10.2 Å². The van der Waals surface area contributed by atoms with Crippen LogP contribution in [0.2, 0.25) is 0 Å². The molecular weight excluding hydrogens is 224 g/mol. The standard InChI is InChI=1S/C16H34O2/c1-7-8-14(4)12-16(6,18)10-9-15(5,17)11-13(2)3/h13-14,17-18H,7-12H2,1-6H3. The third-order valence-corrected chi connectivity index (χ3v) is 3.62. The largest absolute Gasteiger partial charge is 0.390 e. The maximum absolute atomic E-state index is 10.4. The van der Waals surface area contributed by atoms with Crippen LogP contribution in [0.4, 0.5) is 0 Å². The van der Waals surface area contributed by atoms with Crippen molar-refractivity contribution >= 4 is 0 Å². The summed E-state index contributed by atoms with van der Waals surface area (Å²) in [6, 6.07) is 0. The van der Waals surface area contributed by atoms with Crippen LogP contribution < -0.4 is 0 Å². The molecule has 110 valence electrons. The fourth-order valence-corrected chi connectivity index (χ4v) is 2.97. The van der Waals surface area contributed by atoms with E-state index in [2.05, 4.69) is 27.7 Å². The highest BCUT2D eigenvalue weighted by molar-refractivity contribution is 4.82. The van der Waals surface area contributed by atoms with E-state index in [-0.39, 0.29) is 0 Å². The third kappa shape index (κ3) is 8.93. The average molecular weight is 258 g/mol. The van der Waals surface area contributed by atoms with Crippen molar-refractivity contribution in [3.63, 3.8) is 0 Å². The first-order valence-corrected chi connectivity index (χ1v) is 7.53. The van der Waals surface area contributed by atoms with Gasteiger partial charge in [-0.1, -0.05) is 40.5 Å². The Labute approximate surface area is 114 Å². The molecule has 2 nitrogen and oxygen atoms in total. The molecular formula is C16H34O2. The lowest BCUT2D eigenvalue weighted by Crippen LogP contribution is -2.33. The van der Waals surface area contributed by atoms with Crippen LogP contribution in [0.3, 0.4) is 0 Å². The highest BCUT2D eigenvalue weighted by Crippen LogP contribution is 2.29. The average Bonchev–Trinajstić information content (AvgIpc) is 2.12. The molecule has 0 aromatic carbocycles. The monoisotopic (exact) mass is 258 g/mol. The minimum absolute atomic E-state index is 0.490. The lowest BCUT2D eigenvalue weighted by atomic mass is 9.82. The molecule has 0 radical (unpaired) electrons. The van der Waals surface area contributed by atoms with Crippen molar-refractivity contribution in [1.82, 2.24) is 0 Å². The Hall–Kier alpha value is -0.0800. The van der Waals surface area contributed by atoms with E-state index in [1.807, 2.05) is 13.8 Å². The molecule has 0 aliphatic heterocycles. The Kier molecular flexibility index (Phi) is 7.46. The lowest BCUT2D eigenvalue weighted by molar-refractivity contribution is -0.0228. The van der Waals surface area contributed by atoms with Crippen LogP contribution in [0.5, 0.6) is 0 Å². The Balaban J connectivity index is 4.16. The van der Waals surface area contributed by atoms with Gasteiger partial charge in [-0.2, -0.15) is 0 Å². The zero-order valence-corrected chi connectivity index (χ0v) is 13.3. The predicted octanol–water partition coefficient (Wildman–Crippen LogP) is 4.14. The van der Waals surface area contributed by atoms with Gasteiger partial charge < -0.3 is 10.2 Å². The smallest absolute Gasteiger partial charge is 0.0623 e. The quantitative estimate of drug-likeness (QED) is 0.652. The van der Waals surface area contributed by atoms with Gasteiger partial charge in [0.05, 0.1) is 11.2 Å². The molecule has 0 amide bonds. The Morgan fingerprint density at radius 1 is 0.889 bits per heavy atom. The second kappa shape index (κ2) is 7.49. The van der Waals surface area contributed by atoms with Crippen LogP contribution in [-0.2, 0) is 0 Å². The molecule has 0 aliphatic rings. The molecule has 0 heterocycles. The molecule has 18 heavy (non-hydrogen) atoms. The summed E-state index contributed by atoms with van der Waals surface area (Å²) in [5.41, 5.74) is -1.29. The van der Waals surface area contributed by atoms with Crippen LogP contribution in [0, 0.1) is 11.8 Å². The van der Waals surface area contributed by atoms with Crippen molar-refractivity contribution in [3.8, 4) is 0 Å². The van der Waals surface area contributed by atoms with Crippen molar-refractivity contribution in [2.45, 2.75) is 91.3 Å². The van der Waals surface area contributed by atoms with Gasteiger partial charge in [0.1, 0.15) is 0 Å². The van der Waals surface area contributed by atoms with Crippen LogP contribution in [-0.4, -0.2) is 21.4 Å². The fraction of sp³-hybridized carbons (Fsp3) is 1.00. The molecule has 3 unspecified atom stereocenters. The van der Waals surface area contributed by atoms with Gasteiger partial charge >= 0.3 is 0 Å². The third-order valence-electron chi connectivity index (χ3n) is 3.62. The van der Waals surface area contributed by atoms with Gasteiger partial charge in [-0.15, -0.1) is 0 Å². The van der Waals surface area contributed by atoms with Gasteiger partial charge in [0.15, 0.2) is 0 Å². The first-order chi connectivity index (χ1) is 8.08. The minimum Gasteiger partial charge on any atom is -0.390 e. The van der Waals surface area contributed by atoms with Gasteiger partial charge in [-0.25, -0.2) is 0 Å². The summed E-state index contributed by atoms with van der Waals surface area (Å²) < 4.78 is 0. The maximum Gasteiger partial charge on any atom is 0.0623 e. The number of aliphatic hydroxyl groups is 2. The number of hydrogen-bond acceptors (Lipinski definition) is 2. The summed E-state index contributed by atoms with van der Waals surface area (Å²) in [4.78, 5) is 0. The lowest BCUT2D eigenvalue weighted by Gasteiger charge is -2.32. The number of hydrogen-bond donors (Lipinski definition) is 2. The van der Waals surface area contributed by atoms with E-state index in [4.69, 9.17) is 0 Å². The van der Waals surface area contributed by atoms with E-state index in [0.717, 1.165) is 12.8 Å². The van der Waals surface area contributed by atoms with Crippen molar-refractivity contribution in [2.75, 3.05) is 0 Å². The molecule has 2 N–H and O–H groups in total. The summed E-state index contributed by atoms with van der Waals surface area (Å²) in [5.74, 6) is 1.05. The zero-order valence-electron chi connectivity index (χ0n) is 13.3. The summed E-state index contributed by atoms with van der Waals surface area (Å²) in [7, 11) is 0.